The van der Waals surface area contributed by atoms with Gasteiger partial charge in [0, 0.05) is 13.8 Å². The van der Waals surface area contributed by atoms with E-state index in [0.717, 1.165) is 0 Å². The SMILES string of the molecule is CC(=[OH+])[CH-]C(C)=[OH+].[Nb+5]. The van der Waals surface area contributed by atoms with Gasteiger partial charge in [0.1, 0.15) is 0 Å². The molecular weight excluding hydrogens is 185 g/mol. The number of hydrogen-bond donors (Lipinski definition) is 0. The molecule has 40 valence electrons. The van der Waals surface area contributed by atoms with Crippen molar-refractivity contribution in [1.82, 2.24) is 0 Å². The van der Waals surface area contributed by atoms with Crippen LogP contribution in [0, 0.1) is 6.42 Å². The van der Waals surface area contributed by atoms with E-state index in [1.807, 2.05) is 0 Å². The smallest absolute Gasteiger partial charge is 0.316 e. The van der Waals surface area contributed by atoms with Gasteiger partial charge < -0.3 is 9.59 Å². The molecule has 0 amide bonds. The van der Waals surface area contributed by atoms with Gasteiger partial charge in [-0.15, -0.1) is 0 Å². The van der Waals surface area contributed by atoms with E-state index in [2.05, 4.69) is 0 Å². The summed E-state index contributed by atoms with van der Waals surface area (Å²) in [7, 11) is 0. The minimum absolute atomic E-state index is 0. The summed E-state index contributed by atoms with van der Waals surface area (Å²) in [6.45, 7) is 3.00. The molecule has 0 fully saturated rings. The largest absolute Gasteiger partial charge is 5.00 e. The molecule has 2 nitrogen and oxygen atoms in total. The summed E-state index contributed by atoms with van der Waals surface area (Å²) in [5, 5.41) is 0. The normalized spacial score (nSPS) is 6.75. The zero-order chi connectivity index (χ0) is 5.86. The second kappa shape index (κ2) is 5.09. The molecule has 0 aromatic heterocycles. The zero-order valence-electron chi connectivity index (χ0n) is 4.92. The van der Waals surface area contributed by atoms with Crippen LogP contribution in [0.5, 0.6) is 0 Å². The number of carbonyl (C=O) groups excluding carboxylic acids is 2. The van der Waals surface area contributed by atoms with Crippen molar-refractivity contribution >= 4 is 11.6 Å². The standard InChI is InChI=1S/C5H7O2.Nb/c1-4(6)3-5(2)7;/h3H,1-2H3;/q-1;+5/p+2. The Morgan fingerprint density at radius 2 is 1.38 bits per heavy atom. The molecule has 0 radical (unpaired) electrons. The molecule has 0 spiro atoms. The fraction of sp³-hybridized carbons (Fsp3) is 0.400. The van der Waals surface area contributed by atoms with Crippen LogP contribution in [0.3, 0.4) is 0 Å². The van der Waals surface area contributed by atoms with Gasteiger partial charge in [-0.3, -0.25) is 0 Å². The van der Waals surface area contributed by atoms with Gasteiger partial charge in [0.05, 0.1) is 0 Å². The molecule has 0 rings (SSSR count). The van der Waals surface area contributed by atoms with E-state index in [1.54, 1.807) is 0 Å². The predicted molar refractivity (Wildman–Crippen MR) is 29.5 cm³/mol. The molecule has 2 N–H and O–H groups in total. The fourth-order valence-electron chi connectivity index (χ4n) is 0.302. The Bertz CT molecular complexity index is 86.6. The van der Waals surface area contributed by atoms with Crippen molar-refractivity contribution in [3.63, 3.8) is 0 Å². The molecule has 0 saturated heterocycles. The zero-order valence-corrected chi connectivity index (χ0v) is 7.12. The van der Waals surface area contributed by atoms with Gasteiger partial charge in [0.15, 0.2) is 11.6 Å². The summed E-state index contributed by atoms with van der Waals surface area (Å²) >= 11 is 0. The van der Waals surface area contributed by atoms with E-state index in [9.17, 15) is 0 Å². The fourth-order valence-corrected chi connectivity index (χ4v) is 0.302. The number of hydrogen-bond acceptors (Lipinski definition) is 0. The maximum absolute atomic E-state index is 8.40. The summed E-state index contributed by atoms with van der Waals surface area (Å²) in [4.78, 5) is 16.8. The molecule has 0 aliphatic heterocycles. The van der Waals surface area contributed by atoms with Crippen LogP contribution in [0.15, 0.2) is 0 Å². The van der Waals surface area contributed by atoms with E-state index in [1.165, 1.54) is 20.3 Å². The van der Waals surface area contributed by atoms with Crippen molar-refractivity contribution in [2.45, 2.75) is 13.8 Å². The Kier molecular flexibility index (Phi) is 6.91. The Labute approximate surface area is 64.2 Å². The van der Waals surface area contributed by atoms with Gasteiger partial charge in [-0.2, -0.15) is 6.42 Å². The topological polar surface area (TPSA) is 42.8 Å². The van der Waals surface area contributed by atoms with Crippen LogP contribution < -0.4 is 0 Å². The van der Waals surface area contributed by atoms with Crippen LogP contribution in [0.2, 0.25) is 0 Å². The van der Waals surface area contributed by atoms with E-state index in [4.69, 9.17) is 9.59 Å². The Hall–Kier alpha value is -0.0497. The van der Waals surface area contributed by atoms with Crippen LogP contribution >= 0.6 is 0 Å². The summed E-state index contributed by atoms with van der Waals surface area (Å²) in [6.07, 6.45) is 1.28. The van der Waals surface area contributed by atoms with Gasteiger partial charge in [-0.1, -0.05) is 0 Å². The summed E-state index contributed by atoms with van der Waals surface area (Å²) in [5.74, 6) is 0.250. The van der Waals surface area contributed by atoms with Crippen LogP contribution in [-0.4, -0.2) is 21.2 Å². The second-order valence-corrected chi connectivity index (χ2v) is 1.43. The van der Waals surface area contributed by atoms with Crippen LogP contribution in [0.1, 0.15) is 13.8 Å². The van der Waals surface area contributed by atoms with E-state index >= 15 is 0 Å². The first-order valence-electron chi connectivity index (χ1n) is 2.02. The van der Waals surface area contributed by atoms with Crippen molar-refractivity contribution < 1.29 is 32.0 Å². The molecule has 0 aliphatic rings. The minimum atomic E-state index is 0. The van der Waals surface area contributed by atoms with Gasteiger partial charge in [-0.25, -0.2) is 0 Å². The van der Waals surface area contributed by atoms with Gasteiger partial charge >= 0.3 is 22.4 Å². The molecule has 0 heterocycles. The Morgan fingerprint density at radius 3 is 1.38 bits per heavy atom. The summed E-state index contributed by atoms with van der Waals surface area (Å²) in [6, 6.07) is 0. The van der Waals surface area contributed by atoms with Crippen LogP contribution in [0.25, 0.3) is 0 Å². The quantitative estimate of drug-likeness (QED) is 0.263. The van der Waals surface area contributed by atoms with Crippen LogP contribution in [-0.2, 0) is 22.4 Å². The minimum Gasteiger partial charge on any atom is -0.316 e. The van der Waals surface area contributed by atoms with Gasteiger partial charge in [0.25, 0.3) is 0 Å². The van der Waals surface area contributed by atoms with Crippen molar-refractivity contribution in [3.8, 4) is 0 Å². The molecule has 0 saturated carbocycles. The van der Waals surface area contributed by atoms with Gasteiger partial charge in [0.2, 0.25) is 0 Å². The first-order chi connectivity index (χ1) is 3.13. The molecule has 0 unspecified atom stereocenters. The molecule has 8 heavy (non-hydrogen) atoms. The van der Waals surface area contributed by atoms with Crippen molar-refractivity contribution in [2.24, 2.45) is 0 Å². The monoisotopic (exact) mass is 194 g/mol. The first-order valence-corrected chi connectivity index (χ1v) is 2.02. The molecule has 3 heteroatoms. The third-order valence-corrected chi connectivity index (χ3v) is 0.418. The third kappa shape index (κ3) is 9.34. The second-order valence-electron chi connectivity index (χ2n) is 1.43. The van der Waals surface area contributed by atoms with Crippen LogP contribution in [0.4, 0.5) is 0 Å². The summed E-state index contributed by atoms with van der Waals surface area (Å²) in [5.41, 5.74) is 0. The average Bonchev–Trinajstić information content (AvgIpc) is 1.27. The maximum atomic E-state index is 8.40. The van der Waals surface area contributed by atoms with E-state index in [0.29, 0.717) is 0 Å². The molecule has 0 bridgehead atoms. The van der Waals surface area contributed by atoms with Crippen molar-refractivity contribution in [3.05, 3.63) is 6.42 Å². The van der Waals surface area contributed by atoms with E-state index < -0.39 is 0 Å². The predicted octanol–water partition coefficient (Wildman–Crippen LogP) is 0.318. The molecule has 0 atom stereocenters. The number of ketones is 2. The first kappa shape index (κ1) is 10.8. The molecule has 0 aromatic carbocycles. The Morgan fingerprint density at radius 1 is 1.12 bits per heavy atom. The average molecular weight is 194 g/mol. The van der Waals surface area contributed by atoms with Crippen molar-refractivity contribution in [1.29, 1.82) is 0 Å². The number of rotatable bonds is 2. The summed E-state index contributed by atoms with van der Waals surface area (Å²) < 4.78 is 0. The maximum Gasteiger partial charge on any atom is 5.00 e. The molecule has 0 aromatic rings. The molecular formula is C5H9NbO2+6. The Balaban J connectivity index is 0. The third-order valence-electron chi connectivity index (χ3n) is 0.418. The van der Waals surface area contributed by atoms with Gasteiger partial charge in [-0.05, 0) is 0 Å². The van der Waals surface area contributed by atoms with Crippen molar-refractivity contribution in [2.75, 3.05) is 0 Å². The van der Waals surface area contributed by atoms with E-state index in [-0.39, 0.29) is 33.9 Å². The molecule has 0 aliphatic carbocycles.